The van der Waals surface area contributed by atoms with Crippen molar-refractivity contribution in [2.24, 2.45) is 0 Å². The monoisotopic (exact) mass is 358 g/mol. The molecule has 1 atom stereocenters. The molecule has 1 aliphatic heterocycles. The van der Waals surface area contributed by atoms with E-state index < -0.39 is 15.9 Å². The minimum Gasteiger partial charge on any atom is -0.324 e. The Morgan fingerprint density at radius 1 is 1.00 bits per heavy atom. The third-order valence-corrected chi connectivity index (χ3v) is 6.04. The first-order valence-corrected chi connectivity index (χ1v) is 10.1. The van der Waals surface area contributed by atoms with Crippen molar-refractivity contribution >= 4 is 21.4 Å². The third-order valence-electron chi connectivity index (χ3n) is 4.43. The molecular formula is C19H22N2O3S. The van der Waals surface area contributed by atoms with Gasteiger partial charge in [0.05, 0.1) is 11.5 Å². The molecule has 1 fully saturated rings. The summed E-state index contributed by atoms with van der Waals surface area (Å²) in [6.07, 6.45) is 0. The van der Waals surface area contributed by atoms with Crippen molar-refractivity contribution in [3.63, 3.8) is 0 Å². The fourth-order valence-electron chi connectivity index (χ4n) is 3.00. The van der Waals surface area contributed by atoms with Gasteiger partial charge in [0.15, 0.2) is 9.84 Å². The van der Waals surface area contributed by atoms with Gasteiger partial charge in [-0.2, -0.15) is 0 Å². The predicted octanol–water partition coefficient (Wildman–Crippen LogP) is 2.41. The molecule has 0 saturated carbocycles. The number of carbonyl (C=O) groups excluding carboxylic acids is 1. The van der Waals surface area contributed by atoms with Gasteiger partial charge in [-0.15, -0.1) is 0 Å². The zero-order valence-corrected chi connectivity index (χ0v) is 15.0. The van der Waals surface area contributed by atoms with Crippen molar-refractivity contribution < 1.29 is 13.2 Å². The summed E-state index contributed by atoms with van der Waals surface area (Å²) in [6.45, 7) is 2.72. The van der Waals surface area contributed by atoms with Gasteiger partial charge in [0, 0.05) is 18.8 Å². The van der Waals surface area contributed by atoms with Crippen LogP contribution in [0.2, 0.25) is 0 Å². The molecule has 3 rings (SSSR count). The first-order chi connectivity index (χ1) is 11.9. The maximum Gasteiger partial charge on any atom is 0.246 e. The van der Waals surface area contributed by atoms with Crippen molar-refractivity contribution in [1.82, 2.24) is 4.90 Å². The lowest BCUT2D eigenvalue weighted by Crippen LogP contribution is -2.46. The number of rotatable bonds is 4. The van der Waals surface area contributed by atoms with Crippen molar-refractivity contribution in [1.29, 1.82) is 0 Å². The van der Waals surface area contributed by atoms with Gasteiger partial charge < -0.3 is 5.32 Å². The summed E-state index contributed by atoms with van der Waals surface area (Å²) < 4.78 is 23.4. The van der Waals surface area contributed by atoms with Crippen molar-refractivity contribution in [3.05, 3.63) is 65.7 Å². The van der Waals surface area contributed by atoms with Crippen LogP contribution in [-0.4, -0.2) is 43.8 Å². The van der Waals surface area contributed by atoms with Crippen LogP contribution in [0.1, 0.15) is 17.2 Å². The average molecular weight is 358 g/mol. The van der Waals surface area contributed by atoms with Crippen LogP contribution in [-0.2, 0) is 14.6 Å². The van der Waals surface area contributed by atoms with Crippen molar-refractivity contribution in [3.8, 4) is 0 Å². The fourth-order valence-corrected chi connectivity index (χ4v) is 4.23. The average Bonchev–Trinajstić information content (AvgIpc) is 2.60. The molecule has 1 aliphatic rings. The molecule has 2 aromatic rings. The van der Waals surface area contributed by atoms with Gasteiger partial charge in [-0.05, 0) is 24.6 Å². The second-order valence-electron chi connectivity index (χ2n) is 6.36. The van der Waals surface area contributed by atoms with Gasteiger partial charge in [-0.3, -0.25) is 9.69 Å². The molecule has 1 unspecified atom stereocenters. The highest BCUT2D eigenvalue weighted by atomic mass is 32.2. The quantitative estimate of drug-likeness (QED) is 0.911. The van der Waals surface area contributed by atoms with Crippen LogP contribution in [0, 0.1) is 6.92 Å². The van der Waals surface area contributed by atoms with Crippen molar-refractivity contribution in [2.75, 3.05) is 29.9 Å². The molecule has 1 heterocycles. The molecule has 5 nitrogen and oxygen atoms in total. The smallest absolute Gasteiger partial charge is 0.246 e. The van der Waals surface area contributed by atoms with Crippen molar-refractivity contribution in [2.45, 2.75) is 13.0 Å². The lowest BCUT2D eigenvalue weighted by atomic mass is 10.0. The number of amides is 1. The molecule has 2 aromatic carbocycles. The maximum absolute atomic E-state index is 13.0. The Labute approximate surface area is 148 Å². The number of carbonyl (C=O) groups is 1. The van der Waals surface area contributed by atoms with E-state index in [1.165, 1.54) is 0 Å². The summed E-state index contributed by atoms with van der Waals surface area (Å²) in [6, 6.07) is 16.6. The first kappa shape index (κ1) is 17.6. The van der Waals surface area contributed by atoms with E-state index in [2.05, 4.69) is 5.32 Å². The second-order valence-corrected chi connectivity index (χ2v) is 8.66. The molecule has 0 bridgehead atoms. The first-order valence-electron chi connectivity index (χ1n) is 8.31. The number of anilines is 1. The standard InChI is InChI=1S/C19H22N2O3S/c1-15-7-9-17(10-8-15)20-19(22)18(16-5-3-2-4-6-16)21-11-13-25(23,24)14-12-21/h2-10,18H,11-14H2,1H3,(H,20,22). The van der Waals surface area contributed by atoms with Gasteiger partial charge in [0.25, 0.3) is 0 Å². The fraction of sp³-hybridized carbons (Fsp3) is 0.316. The summed E-state index contributed by atoms with van der Waals surface area (Å²) in [5, 5.41) is 2.96. The zero-order chi connectivity index (χ0) is 17.9. The van der Waals surface area contributed by atoms with Crippen LogP contribution >= 0.6 is 0 Å². The van der Waals surface area contributed by atoms with Gasteiger partial charge in [-0.25, -0.2) is 8.42 Å². The Hall–Kier alpha value is -2.18. The van der Waals surface area contributed by atoms with E-state index >= 15 is 0 Å². The number of hydrogen-bond donors (Lipinski definition) is 1. The van der Waals surface area contributed by atoms with Gasteiger partial charge >= 0.3 is 0 Å². The topological polar surface area (TPSA) is 66.5 Å². The predicted molar refractivity (Wildman–Crippen MR) is 99.2 cm³/mol. The van der Waals surface area contributed by atoms with E-state index in [1.54, 1.807) is 0 Å². The van der Waals surface area contributed by atoms with Crippen LogP contribution < -0.4 is 5.32 Å². The highest BCUT2D eigenvalue weighted by Crippen LogP contribution is 2.25. The van der Waals surface area contributed by atoms with Gasteiger partial charge in [0.1, 0.15) is 6.04 Å². The SMILES string of the molecule is Cc1ccc(NC(=O)C(c2ccccc2)N2CCS(=O)(=O)CC2)cc1. The Kier molecular flexibility index (Phi) is 5.20. The molecule has 0 aliphatic carbocycles. The molecule has 132 valence electrons. The molecule has 1 saturated heterocycles. The second kappa shape index (κ2) is 7.37. The summed E-state index contributed by atoms with van der Waals surface area (Å²) in [5.74, 6) is 0.0387. The Bertz CT molecular complexity index is 819. The minimum atomic E-state index is -2.99. The van der Waals surface area contributed by atoms with E-state index in [-0.39, 0.29) is 17.4 Å². The lowest BCUT2D eigenvalue weighted by molar-refractivity contribution is -0.121. The van der Waals surface area contributed by atoms with E-state index in [1.807, 2.05) is 66.4 Å². The Morgan fingerprint density at radius 2 is 1.60 bits per heavy atom. The summed E-state index contributed by atoms with van der Waals surface area (Å²) in [4.78, 5) is 14.9. The number of nitrogens with zero attached hydrogens (tertiary/aromatic N) is 1. The van der Waals surface area contributed by atoms with E-state index in [9.17, 15) is 13.2 Å². The van der Waals surface area contributed by atoms with Gasteiger partial charge in [-0.1, -0.05) is 48.0 Å². The minimum absolute atomic E-state index is 0.0914. The molecule has 1 amide bonds. The number of nitrogens with one attached hydrogen (secondary N) is 1. The summed E-state index contributed by atoms with van der Waals surface area (Å²) in [5.41, 5.74) is 2.73. The Balaban J connectivity index is 1.83. The van der Waals surface area contributed by atoms with E-state index in [0.29, 0.717) is 13.1 Å². The highest BCUT2D eigenvalue weighted by molar-refractivity contribution is 7.91. The largest absolute Gasteiger partial charge is 0.324 e. The van der Waals surface area contributed by atoms with Crippen LogP contribution in [0.4, 0.5) is 5.69 Å². The lowest BCUT2D eigenvalue weighted by Gasteiger charge is -2.33. The van der Waals surface area contributed by atoms with Crippen LogP contribution in [0.25, 0.3) is 0 Å². The van der Waals surface area contributed by atoms with E-state index in [4.69, 9.17) is 0 Å². The molecule has 1 N–H and O–H groups in total. The number of hydrogen-bond acceptors (Lipinski definition) is 4. The molecule has 0 aromatic heterocycles. The molecule has 0 radical (unpaired) electrons. The van der Waals surface area contributed by atoms with Crippen LogP contribution in [0.15, 0.2) is 54.6 Å². The number of sulfone groups is 1. The summed E-state index contributed by atoms with van der Waals surface area (Å²) in [7, 11) is -2.99. The molecule has 25 heavy (non-hydrogen) atoms. The third kappa shape index (κ3) is 4.46. The normalized spacial score (nSPS) is 18.4. The molecular weight excluding hydrogens is 336 g/mol. The maximum atomic E-state index is 13.0. The zero-order valence-electron chi connectivity index (χ0n) is 14.2. The highest BCUT2D eigenvalue weighted by Gasteiger charge is 2.32. The molecule has 0 spiro atoms. The number of aryl methyl sites for hydroxylation is 1. The number of benzene rings is 2. The van der Waals surface area contributed by atoms with Gasteiger partial charge in [0.2, 0.25) is 5.91 Å². The van der Waals surface area contributed by atoms with E-state index in [0.717, 1.165) is 16.8 Å². The van der Waals surface area contributed by atoms with Crippen LogP contribution in [0.3, 0.4) is 0 Å². The van der Waals surface area contributed by atoms with Crippen LogP contribution in [0.5, 0.6) is 0 Å². The Morgan fingerprint density at radius 3 is 2.20 bits per heavy atom. The molecule has 6 heteroatoms. The summed E-state index contributed by atoms with van der Waals surface area (Å²) >= 11 is 0.